The van der Waals surface area contributed by atoms with Crippen molar-refractivity contribution in [2.24, 2.45) is 5.10 Å². The Morgan fingerprint density at radius 3 is 2.52 bits per heavy atom. The first-order chi connectivity index (χ1) is 14.8. The quantitative estimate of drug-likeness (QED) is 0.537. The van der Waals surface area contributed by atoms with Crippen LogP contribution in [0.15, 0.2) is 53.6 Å². The maximum atomic E-state index is 13.2. The van der Waals surface area contributed by atoms with Gasteiger partial charge in [-0.2, -0.15) is 5.23 Å². The van der Waals surface area contributed by atoms with Crippen molar-refractivity contribution < 1.29 is 24.8 Å². The van der Waals surface area contributed by atoms with Gasteiger partial charge in [0.25, 0.3) is 11.7 Å². The van der Waals surface area contributed by atoms with Crippen molar-refractivity contribution in [3.05, 3.63) is 59.3 Å². The van der Waals surface area contributed by atoms with Gasteiger partial charge in [-0.25, -0.2) is 25.0 Å². The molecular weight excluding hydrogens is 404 g/mol. The Morgan fingerprint density at radius 1 is 1.19 bits per heavy atom. The van der Waals surface area contributed by atoms with Crippen molar-refractivity contribution in [2.45, 2.75) is 13.2 Å². The lowest BCUT2D eigenvalue weighted by molar-refractivity contribution is -0.991. The van der Waals surface area contributed by atoms with E-state index in [1.54, 1.807) is 50.3 Å². The summed E-state index contributed by atoms with van der Waals surface area (Å²) in [6.07, 6.45) is -0.701. The lowest BCUT2D eigenvalue weighted by atomic mass is 10.1. The number of nitrogens with zero attached hydrogens (tertiary/aromatic N) is 5. The molecule has 2 atom stereocenters. The zero-order valence-electron chi connectivity index (χ0n) is 17.2. The summed E-state index contributed by atoms with van der Waals surface area (Å²) >= 11 is 0. The number of ether oxygens (including phenoxy) is 1. The summed E-state index contributed by atoms with van der Waals surface area (Å²) in [5.74, 6) is -1.02. The average molecular weight is 426 g/mol. The van der Waals surface area contributed by atoms with E-state index in [1.807, 2.05) is 17.0 Å². The minimum absolute atomic E-state index is 0.0512. The number of nitrogens with one attached hydrogen (secondary N) is 1. The molecule has 2 heterocycles. The molecule has 2 aromatic rings. The monoisotopic (exact) mass is 426 g/mol. The first-order valence-corrected chi connectivity index (χ1v) is 9.62. The summed E-state index contributed by atoms with van der Waals surface area (Å²) in [5, 5.41) is 28.2. The number of amides is 1. The first-order valence-electron chi connectivity index (χ1n) is 9.62. The third-order valence-electron chi connectivity index (χ3n) is 5.17. The van der Waals surface area contributed by atoms with Crippen LogP contribution < -0.4 is 15.1 Å². The highest BCUT2D eigenvalue weighted by atomic mass is 16.8. The Kier molecular flexibility index (Phi) is 5.23. The second-order valence-electron chi connectivity index (χ2n) is 6.99. The smallest absolute Gasteiger partial charge is 0.377 e. The second kappa shape index (κ2) is 7.87. The van der Waals surface area contributed by atoms with E-state index in [0.717, 1.165) is 0 Å². The van der Waals surface area contributed by atoms with E-state index in [2.05, 4.69) is 5.10 Å². The van der Waals surface area contributed by atoms with E-state index >= 15 is 0 Å². The highest BCUT2D eigenvalue weighted by Crippen LogP contribution is 2.35. The number of esters is 1. The normalized spacial score (nSPS) is 18.9. The fourth-order valence-electron chi connectivity index (χ4n) is 3.67. The Bertz CT molecular complexity index is 1040. The number of carbonyl (C=O) groups is 2. The van der Waals surface area contributed by atoms with Gasteiger partial charge in [0.05, 0.1) is 23.5 Å². The Morgan fingerprint density at radius 2 is 1.87 bits per heavy atom. The third-order valence-corrected chi connectivity index (χ3v) is 5.17. The third kappa shape index (κ3) is 3.34. The SMILES string of the molecule is CCOC(=O)C1=NN(c2ccc([NH+]([O-])O)cc2)[C@@H]2N(C)c3ccccc3C(=O)N(C)N12. The first kappa shape index (κ1) is 20.6. The molecule has 2 N–H and O–H groups in total. The van der Waals surface area contributed by atoms with E-state index in [0.29, 0.717) is 16.9 Å². The molecule has 11 nitrogen and oxygen atoms in total. The van der Waals surface area contributed by atoms with Crippen LogP contribution in [0, 0.1) is 5.21 Å². The Labute approximate surface area is 178 Å². The summed E-state index contributed by atoms with van der Waals surface area (Å²) in [4.78, 5) is 27.7. The number of hydrazone groups is 1. The molecule has 0 radical (unpaired) electrons. The van der Waals surface area contributed by atoms with Gasteiger partial charge < -0.3 is 14.8 Å². The lowest BCUT2D eigenvalue weighted by Gasteiger charge is -2.39. The van der Waals surface area contributed by atoms with Crippen LogP contribution in [-0.4, -0.2) is 59.9 Å². The number of hydrogen-bond donors (Lipinski definition) is 2. The molecule has 11 heteroatoms. The standard InChI is InChI=1S/C20H22N6O5/c1-4-31-19(28)17-21-24(13-9-11-14(12-10-13)26(29)30)20-22(2)16-8-6-5-7-15(16)18(27)23(3)25(17)20/h5-12,20,26,29H,4H2,1-3H3/t20-/m0/s1. The van der Waals surface area contributed by atoms with Gasteiger partial charge >= 0.3 is 5.97 Å². The molecule has 1 amide bonds. The van der Waals surface area contributed by atoms with Gasteiger partial charge in [-0.15, -0.1) is 5.10 Å². The Hall–Kier alpha value is -3.67. The van der Waals surface area contributed by atoms with Crippen molar-refractivity contribution in [1.29, 1.82) is 0 Å². The van der Waals surface area contributed by atoms with Gasteiger partial charge in [0.1, 0.15) is 0 Å². The van der Waals surface area contributed by atoms with Gasteiger partial charge in [-0.1, -0.05) is 12.1 Å². The van der Waals surface area contributed by atoms with E-state index in [1.165, 1.54) is 22.2 Å². The number of quaternary nitrogens is 1. The van der Waals surface area contributed by atoms with Crippen LogP contribution in [-0.2, 0) is 9.53 Å². The molecule has 31 heavy (non-hydrogen) atoms. The summed E-state index contributed by atoms with van der Waals surface area (Å²) in [6.45, 7) is 1.84. The maximum Gasteiger partial charge on any atom is 0.377 e. The highest BCUT2D eigenvalue weighted by Gasteiger charge is 2.48. The van der Waals surface area contributed by atoms with Gasteiger partial charge in [0.2, 0.25) is 6.29 Å². The van der Waals surface area contributed by atoms with Crippen molar-refractivity contribution in [3.63, 3.8) is 0 Å². The fourth-order valence-corrected chi connectivity index (χ4v) is 3.67. The molecule has 0 spiro atoms. The van der Waals surface area contributed by atoms with Gasteiger partial charge in [-0.05, 0) is 31.2 Å². The number of para-hydroxylation sites is 1. The minimum Gasteiger partial charge on any atom is -0.595 e. The van der Waals surface area contributed by atoms with Crippen molar-refractivity contribution >= 4 is 34.8 Å². The summed E-state index contributed by atoms with van der Waals surface area (Å²) in [6, 6.07) is 13.3. The van der Waals surface area contributed by atoms with Crippen molar-refractivity contribution in [3.8, 4) is 0 Å². The van der Waals surface area contributed by atoms with Crippen LogP contribution in [0.1, 0.15) is 17.3 Å². The molecule has 162 valence electrons. The summed E-state index contributed by atoms with van der Waals surface area (Å²) in [5.41, 5.74) is 1.82. The fraction of sp³-hybridized carbons (Fsp3) is 0.250. The molecule has 0 saturated carbocycles. The molecule has 2 aliphatic rings. The minimum atomic E-state index is -1.05. The number of anilines is 2. The van der Waals surface area contributed by atoms with Crippen LogP contribution >= 0.6 is 0 Å². The van der Waals surface area contributed by atoms with Crippen molar-refractivity contribution in [1.82, 2.24) is 10.0 Å². The largest absolute Gasteiger partial charge is 0.595 e. The van der Waals surface area contributed by atoms with E-state index in [-0.39, 0.29) is 24.0 Å². The number of hydrogen-bond acceptors (Lipinski definition) is 9. The summed E-state index contributed by atoms with van der Waals surface area (Å²) in [7, 11) is 3.36. The number of rotatable bonds is 4. The van der Waals surface area contributed by atoms with Crippen LogP contribution in [0.25, 0.3) is 0 Å². The van der Waals surface area contributed by atoms with E-state index in [4.69, 9.17) is 4.74 Å². The summed E-state index contributed by atoms with van der Waals surface area (Å²) < 4.78 is 5.17. The van der Waals surface area contributed by atoms with Crippen LogP contribution in [0.2, 0.25) is 0 Å². The highest BCUT2D eigenvalue weighted by molar-refractivity contribution is 6.36. The zero-order valence-corrected chi connectivity index (χ0v) is 17.2. The van der Waals surface area contributed by atoms with E-state index in [9.17, 15) is 20.0 Å². The molecule has 0 aromatic heterocycles. The zero-order chi connectivity index (χ0) is 22.3. The molecular formula is C20H22N6O5. The van der Waals surface area contributed by atoms with Crippen molar-refractivity contribution in [2.75, 3.05) is 30.6 Å². The number of amidine groups is 1. The second-order valence-corrected chi connectivity index (χ2v) is 6.99. The molecule has 0 saturated heterocycles. The predicted molar refractivity (Wildman–Crippen MR) is 111 cm³/mol. The van der Waals surface area contributed by atoms with Crippen LogP contribution in [0.3, 0.4) is 0 Å². The number of hydrazine groups is 1. The predicted octanol–water partition coefficient (Wildman–Crippen LogP) is 0.509. The molecule has 2 aliphatic heterocycles. The molecule has 4 rings (SSSR count). The van der Waals surface area contributed by atoms with Crippen LogP contribution in [0.5, 0.6) is 0 Å². The molecule has 2 aromatic carbocycles. The molecule has 1 unspecified atom stereocenters. The van der Waals surface area contributed by atoms with Gasteiger partial charge in [0.15, 0.2) is 5.69 Å². The average Bonchev–Trinajstić information content (AvgIpc) is 3.15. The van der Waals surface area contributed by atoms with Crippen LogP contribution in [0.4, 0.5) is 17.1 Å². The molecule has 0 aliphatic carbocycles. The Balaban J connectivity index is 1.85. The van der Waals surface area contributed by atoms with Gasteiger partial charge in [-0.3, -0.25) is 4.79 Å². The number of carbonyl (C=O) groups excluding carboxylic acids is 2. The lowest BCUT2D eigenvalue weighted by Crippen LogP contribution is -2.99. The number of benzene rings is 2. The van der Waals surface area contributed by atoms with E-state index < -0.39 is 17.5 Å². The topological polar surface area (TPSA) is 116 Å². The van der Waals surface area contributed by atoms with Gasteiger partial charge in [0, 0.05) is 26.2 Å². The maximum absolute atomic E-state index is 13.2. The number of fused-ring (bicyclic) bond motifs is 2. The molecule has 0 fully saturated rings. The molecule has 0 bridgehead atoms.